The van der Waals surface area contributed by atoms with Crippen LogP contribution in [0.15, 0.2) is 6.20 Å². The van der Waals surface area contributed by atoms with Crippen molar-refractivity contribution in [3.63, 3.8) is 0 Å². The minimum Gasteiger partial charge on any atom is -0.358 e. The zero-order chi connectivity index (χ0) is 16.2. The molecule has 0 unspecified atom stereocenters. The van der Waals surface area contributed by atoms with Crippen LogP contribution in [-0.2, 0) is 16.1 Å². The molecule has 1 amide bonds. The van der Waals surface area contributed by atoms with Gasteiger partial charge >= 0.3 is 5.82 Å². The number of hydrogen-bond donors (Lipinski definition) is 1. The molecule has 0 fully saturated rings. The fourth-order valence-electron chi connectivity index (χ4n) is 1.54. The molecule has 1 aromatic rings. The highest BCUT2D eigenvalue weighted by atomic mass is 35.6. The van der Waals surface area contributed by atoms with E-state index < -0.39 is 20.9 Å². The lowest BCUT2D eigenvalue weighted by atomic mass is 10.5. The average molecular weight is 360 g/mol. The summed E-state index contributed by atoms with van der Waals surface area (Å²) >= 11 is 17.0. The van der Waals surface area contributed by atoms with Gasteiger partial charge in [-0.05, 0) is 4.92 Å². The summed E-state index contributed by atoms with van der Waals surface area (Å²) in [7, 11) is 0. The van der Waals surface area contributed by atoms with Crippen molar-refractivity contribution in [2.24, 2.45) is 0 Å². The molecule has 1 aromatic heterocycles. The molecule has 0 bridgehead atoms. The van der Waals surface area contributed by atoms with Gasteiger partial charge in [0, 0.05) is 13.8 Å². The Balaban J connectivity index is 2.68. The number of aryl methyl sites for hydroxylation is 1. The van der Waals surface area contributed by atoms with Crippen LogP contribution in [0.3, 0.4) is 0 Å². The second-order valence-electron chi connectivity index (χ2n) is 4.07. The van der Waals surface area contributed by atoms with Gasteiger partial charge in [-0.3, -0.25) is 4.79 Å². The fraction of sp³-hybridized carbons (Fsp3) is 0.600. The van der Waals surface area contributed by atoms with Gasteiger partial charge < -0.3 is 20.2 Å². The van der Waals surface area contributed by atoms with Crippen LogP contribution in [0, 0.1) is 17.0 Å². The fourth-order valence-corrected chi connectivity index (χ4v) is 1.90. The molecular weight excluding hydrogens is 346 g/mol. The van der Waals surface area contributed by atoms with E-state index in [0.717, 1.165) is 6.20 Å². The van der Waals surface area contributed by atoms with Crippen molar-refractivity contribution < 1.29 is 14.5 Å². The third kappa shape index (κ3) is 5.31. The number of imidazole rings is 1. The average Bonchev–Trinajstić information content (AvgIpc) is 2.68. The lowest BCUT2D eigenvalue weighted by Crippen LogP contribution is -2.45. The van der Waals surface area contributed by atoms with Gasteiger partial charge in [0.25, 0.3) is 0 Å². The number of ether oxygens (including phenoxy) is 1. The first-order valence-electron chi connectivity index (χ1n) is 5.75. The molecule has 1 N–H and O–H groups in total. The summed E-state index contributed by atoms with van der Waals surface area (Å²) in [6.45, 7) is 2.97. The maximum atomic E-state index is 11.0. The SMILES string of the molecule is CC(=O)N[C@@H](OCCn1c([N+](=O)[O-])cnc1C)C(Cl)(Cl)Cl. The molecule has 0 aliphatic carbocycles. The van der Waals surface area contributed by atoms with Crippen molar-refractivity contribution in [1.29, 1.82) is 0 Å². The second kappa shape index (κ2) is 7.26. The maximum absolute atomic E-state index is 11.0. The molecule has 0 saturated carbocycles. The van der Waals surface area contributed by atoms with E-state index in [1.165, 1.54) is 11.5 Å². The highest BCUT2D eigenvalue weighted by Gasteiger charge is 2.34. The number of amides is 1. The Morgan fingerprint density at radius 3 is 2.71 bits per heavy atom. The number of rotatable bonds is 6. The number of alkyl halides is 3. The molecule has 0 radical (unpaired) electrons. The molecule has 118 valence electrons. The topological polar surface area (TPSA) is 99.3 Å². The number of carbonyl (C=O) groups is 1. The molecule has 1 rings (SSSR count). The van der Waals surface area contributed by atoms with Crippen molar-refractivity contribution in [3.05, 3.63) is 22.1 Å². The van der Waals surface area contributed by atoms with Gasteiger partial charge in [-0.15, -0.1) is 0 Å². The van der Waals surface area contributed by atoms with Crippen LogP contribution in [0.2, 0.25) is 0 Å². The van der Waals surface area contributed by atoms with Gasteiger partial charge in [0.1, 0.15) is 12.7 Å². The summed E-state index contributed by atoms with van der Waals surface area (Å²) in [5, 5.41) is 13.2. The first-order chi connectivity index (χ1) is 9.62. The van der Waals surface area contributed by atoms with E-state index in [9.17, 15) is 14.9 Å². The van der Waals surface area contributed by atoms with Gasteiger partial charge in [0.15, 0.2) is 12.1 Å². The van der Waals surface area contributed by atoms with E-state index in [4.69, 9.17) is 39.5 Å². The number of nitrogens with zero attached hydrogens (tertiary/aromatic N) is 3. The first kappa shape index (κ1) is 18.0. The Labute approximate surface area is 135 Å². The molecular formula is C10H13Cl3N4O4. The summed E-state index contributed by atoms with van der Waals surface area (Å²) in [6.07, 6.45) is -0.0156. The number of hydrogen-bond acceptors (Lipinski definition) is 5. The predicted octanol–water partition coefficient (Wildman–Crippen LogP) is 1.95. The Hall–Kier alpha value is -1.09. The van der Waals surface area contributed by atoms with Crippen LogP contribution < -0.4 is 5.32 Å². The Morgan fingerprint density at radius 1 is 1.62 bits per heavy atom. The normalized spacial score (nSPS) is 13.0. The molecule has 21 heavy (non-hydrogen) atoms. The van der Waals surface area contributed by atoms with Crippen LogP contribution in [-0.4, -0.2) is 37.0 Å². The largest absolute Gasteiger partial charge is 0.358 e. The highest BCUT2D eigenvalue weighted by Crippen LogP contribution is 2.31. The number of aromatic nitrogens is 2. The van der Waals surface area contributed by atoms with Crippen molar-refractivity contribution in [2.75, 3.05) is 6.61 Å². The maximum Gasteiger partial charge on any atom is 0.342 e. The highest BCUT2D eigenvalue weighted by molar-refractivity contribution is 6.68. The van der Waals surface area contributed by atoms with Gasteiger partial charge in [-0.25, -0.2) is 9.55 Å². The first-order valence-corrected chi connectivity index (χ1v) is 6.88. The third-order valence-electron chi connectivity index (χ3n) is 2.45. The number of nitro groups is 1. The minimum absolute atomic E-state index is 0.0170. The Kier molecular flexibility index (Phi) is 6.21. The van der Waals surface area contributed by atoms with Crippen LogP contribution in [0.5, 0.6) is 0 Å². The Bertz CT molecular complexity index is 529. The summed E-state index contributed by atoms with van der Waals surface area (Å²) in [6, 6.07) is 0. The molecule has 1 atom stereocenters. The van der Waals surface area contributed by atoms with Gasteiger partial charge in [0.05, 0.1) is 6.61 Å². The molecule has 0 aliphatic heterocycles. The van der Waals surface area contributed by atoms with Crippen LogP contribution in [0.4, 0.5) is 5.82 Å². The monoisotopic (exact) mass is 358 g/mol. The lowest BCUT2D eigenvalue weighted by molar-refractivity contribution is -0.392. The van der Waals surface area contributed by atoms with E-state index in [1.807, 2.05) is 0 Å². The molecule has 0 saturated heterocycles. The van der Waals surface area contributed by atoms with Crippen molar-refractivity contribution >= 4 is 46.5 Å². The van der Waals surface area contributed by atoms with Crippen molar-refractivity contribution in [1.82, 2.24) is 14.9 Å². The van der Waals surface area contributed by atoms with E-state index in [2.05, 4.69) is 10.3 Å². The smallest absolute Gasteiger partial charge is 0.342 e. The van der Waals surface area contributed by atoms with Crippen molar-refractivity contribution in [3.8, 4) is 0 Å². The Morgan fingerprint density at radius 2 is 2.24 bits per heavy atom. The zero-order valence-corrected chi connectivity index (χ0v) is 13.4. The summed E-state index contributed by atoms with van der Waals surface area (Å²) in [5.74, 6) is -0.146. The van der Waals surface area contributed by atoms with Crippen LogP contribution in [0.1, 0.15) is 12.7 Å². The quantitative estimate of drug-likeness (QED) is 0.362. The number of nitrogens with one attached hydrogen (secondary N) is 1. The molecule has 1 heterocycles. The zero-order valence-electron chi connectivity index (χ0n) is 11.2. The molecule has 0 aromatic carbocycles. The van der Waals surface area contributed by atoms with Gasteiger partial charge in [-0.2, -0.15) is 0 Å². The van der Waals surface area contributed by atoms with Crippen LogP contribution >= 0.6 is 34.8 Å². The predicted molar refractivity (Wildman–Crippen MR) is 77.5 cm³/mol. The molecule has 11 heteroatoms. The van der Waals surface area contributed by atoms with E-state index >= 15 is 0 Å². The second-order valence-corrected chi connectivity index (χ2v) is 6.43. The van der Waals surface area contributed by atoms with Crippen LogP contribution in [0.25, 0.3) is 0 Å². The van der Waals surface area contributed by atoms with Gasteiger partial charge in [0.2, 0.25) is 9.70 Å². The van der Waals surface area contributed by atoms with E-state index in [-0.39, 0.29) is 19.0 Å². The van der Waals surface area contributed by atoms with E-state index in [0.29, 0.717) is 5.82 Å². The van der Waals surface area contributed by atoms with E-state index in [1.54, 1.807) is 6.92 Å². The molecule has 8 nitrogen and oxygen atoms in total. The molecule has 0 aliphatic rings. The number of halogens is 3. The third-order valence-corrected chi connectivity index (χ3v) is 3.05. The lowest BCUT2D eigenvalue weighted by Gasteiger charge is -2.24. The van der Waals surface area contributed by atoms with Crippen molar-refractivity contribution in [2.45, 2.75) is 30.4 Å². The summed E-state index contributed by atoms with van der Waals surface area (Å²) in [5.41, 5.74) is 0. The summed E-state index contributed by atoms with van der Waals surface area (Å²) in [4.78, 5) is 25.1. The molecule has 0 spiro atoms. The van der Waals surface area contributed by atoms with Gasteiger partial charge in [-0.1, -0.05) is 34.8 Å². The minimum atomic E-state index is -1.86. The number of carbonyl (C=O) groups excluding carboxylic acids is 1. The standard InChI is InChI=1S/C10H13Cl3N4O4/c1-6-14-5-8(17(19)20)16(6)3-4-21-9(10(11,12)13)15-7(2)18/h5,9H,3-4H2,1-2H3,(H,15,18)/t9-/m0/s1. The summed E-state index contributed by atoms with van der Waals surface area (Å²) < 4.78 is 4.77.